The van der Waals surface area contributed by atoms with E-state index < -0.39 is 5.97 Å². The summed E-state index contributed by atoms with van der Waals surface area (Å²) in [4.78, 5) is 27.4. The van der Waals surface area contributed by atoms with Crippen LogP contribution in [-0.4, -0.2) is 60.2 Å². The summed E-state index contributed by atoms with van der Waals surface area (Å²) in [7, 11) is 1.68. The van der Waals surface area contributed by atoms with Gasteiger partial charge in [0.15, 0.2) is 0 Å². The minimum absolute atomic E-state index is 0.0979. The van der Waals surface area contributed by atoms with Crippen molar-refractivity contribution in [2.24, 2.45) is 0 Å². The standard InChI is InChI=1S/C21H25N3O4/c1-28-19-5-3-2-4-18(19)15-23-10-12-24(13-11-23)21(27)22-14-16-6-8-17(9-7-16)20(25)26/h2-9H,10-15H2,1H3,(H,22,27)(H,25,26). The predicted octanol–water partition coefficient (Wildman–Crippen LogP) is 2.42. The fourth-order valence-corrected chi connectivity index (χ4v) is 3.24. The Morgan fingerprint density at radius 3 is 2.36 bits per heavy atom. The van der Waals surface area contributed by atoms with Gasteiger partial charge in [0.05, 0.1) is 12.7 Å². The molecule has 0 atom stereocenters. The van der Waals surface area contributed by atoms with Gasteiger partial charge in [-0.1, -0.05) is 30.3 Å². The monoisotopic (exact) mass is 383 g/mol. The molecule has 0 aromatic heterocycles. The first-order valence-electron chi connectivity index (χ1n) is 9.26. The van der Waals surface area contributed by atoms with E-state index in [9.17, 15) is 9.59 Å². The largest absolute Gasteiger partial charge is 0.496 e. The normalized spacial score (nSPS) is 14.5. The molecule has 3 rings (SSSR count). The molecule has 7 nitrogen and oxygen atoms in total. The maximum Gasteiger partial charge on any atom is 0.335 e. The van der Waals surface area contributed by atoms with Gasteiger partial charge in [0.25, 0.3) is 0 Å². The zero-order valence-corrected chi connectivity index (χ0v) is 15.9. The van der Waals surface area contributed by atoms with Crippen molar-refractivity contribution in [3.8, 4) is 5.75 Å². The lowest BCUT2D eigenvalue weighted by molar-refractivity contribution is 0.0697. The molecule has 2 aromatic rings. The highest BCUT2D eigenvalue weighted by Crippen LogP contribution is 2.20. The Morgan fingerprint density at radius 1 is 1.04 bits per heavy atom. The third-order valence-corrected chi connectivity index (χ3v) is 4.89. The van der Waals surface area contributed by atoms with Crippen LogP contribution >= 0.6 is 0 Å². The number of benzene rings is 2. The number of carbonyl (C=O) groups excluding carboxylic acids is 1. The summed E-state index contributed by atoms with van der Waals surface area (Å²) in [6.45, 7) is 4.12. The van der Waals surface area contributed by atoms with Gasteiger partial charge in [0, 0.05) is 44.8 Å². The first kappa shape index (κ1) is 19.7. The molecular weight excluding hydrogens is 358 g/mol. The van der Waals surface area contributed by atoms with E-state index in [0.717, 1.165) is 36.5 Å². The zero-order chi connectivity index (χ0) is 19.9. The SMILES string of the molecule is COc1ccccc1CN1CCN(C(=O)NCc2ccc(C(=O)O)cc2)CC1. The van der Waals surface area contributed by atoms with Gasteiger partial charge in [-0.05, 0) is 23.8 Å². The van der Waals surface area contributed by atoms with Crippen molar-refractivity contribution >= 4 is 12.0 Å². The quantitative estimate of drug-likeness (QED) is 0.801. The molecule has 0 bridgehead atoms. The van der Waals surface area contributed by atoms with Crippen molar-refractivity contribution in [2.45, 2.75) is 13.1 Å². The molecule has 0 spiro atoms. The molecular formula is C21H25N3O4. The van der Waals surface area contributed by atoms with E-state index in [2.05, 4.69) is 16.3 Å². The van der Waals surface area contributed by atoms with Gasteiger partial charge in [-0.25, -0.2) is 9.59 Å². The summed E-state index contributed by atoms with van der Waals surface area (Å²) in [5.41, 5.74) is 2.25. The lowest BCUT2D eigenvalue weighted by atomic mass is 10.1. The number of methoxy groups -OCH3 is 1. The summed E-state index contributed by atoms with van der Waals surface area (Å²) in [6, 6.07) is 14.4. The molecule has 2 amide bonds. The van der Waals surface area contributed by atoms with E-state index in [4.69, 9.17) is 9.84 Å². The smallest absolute Gasteiger partial charge is 0.335 e. The van der Waals surface area contributed by atoms with Crippen LogP contribution in [-0.2, 0) is 13.1 Å². The lowest BCUT2D eigenvalue weighted by Gasteiger charge is -2.34. The fourth-order valence-electron chi connectivity index (χ4n) is 3.24. The Balaban J connectivity index is 1.45. The Bertz CT molecular complexity index is 815. The van der Waals surface area contributed by atoms with Gasteiger partial charge in [0.1, 0.15) is 5.75 Å². The molecule has 1 fully saturated rings. The van der Waals surface area contributed by atoms with E-state index in [-0.39, 0.29) is 11.6 Å². The van der Waals surface area contributed by atoms with Gasteiger partial charge in [0.2, 0.25) is 0 Å². The van der Waals surface area contributed by atoms with Crippen LogP contribution in [0.15, 0.2) is 48.5 Å². The third kappa shape index (κ3) is 5.01. The molecule has 7 heteroatoms. The highest BCUT2D eigenvalue weighted by atomic mass is 16.5. The number of hydrogen-bond acceptors (Lipinski definition) is 4. The van der Waals surface area contributed by atoms with Crippen LogP contribution < -0.4 is 10.1 Å². The Morgan fingerprint density at radius 2 is 1.71 bits per heavy atom. The molecule has 0 unspecified atom stereocenters. The van der Waals surface area contributed by atoms with E-state index in [1.165, 1.54) is 0 Å². The van der Waals surface area contributed by atoms with E-state index in [1.807, 2.05) is 23.1 Å². The van der Waals surface area contributed by atoms with Crippen molar-refractivity contribution in [1.29, 1.82) is 0 Å². The second kappa shape index (κ2) is 9.23. The number of hydrogen-bond donors (Lipinski definition) is 2. The second-order valence-electron chi connectivity index (χ2n) is 6.74. The average molecular weight is 383 g/mol. The number of urea groups is 1. The minimum Gasteiger partial charge on any atom is -0.496 e. The van der Waals surface area contributed by atoms with E-state index in [1.54, 1.807) is 31.4 Å². The van der Waals surface area contributed by atoms with Crippen molar-refractivity contribution in [2.75, 3.05) is 33.3 Å². The zero-order valence-electron chi connectivity index (χ0n) is 15.9. The molecule has 2 N–H and O–H groups in total. The molecule has 1 aliphatic heterocycles. The number of nitrogens with zero attached hydrogens (tertiary/aromatic N) is 2. The van der Waals surface area contributed by atoms with E-state index >= 15 is 0 Å². The molecule has 28 heavy (non-hydrogen) atoms. The molecule has 148 valence electrons. The fraction of sp³-hybridized carbons (Fsp3) is 0.333. The summed E-state index contributed by atoms with van der Waals surface area (Å²) in [5.74, 6) is -0.0711. The molecule has 1 aliphatic rings. The summed E-state index contributed by atoms with van der Waals surface area (Å²) in [6.07, 6.45) is 0. The van der Waals surface area contributed by atoms with Crippen LogP contribution in [0.2, 0.25) is 0 Å². The number of piperazine rings is 1. The number of nitrogens with one attached hydrogen (secondary N) is 1. The number of carbonyl (C=O) groups is 2. The van der Waals surface area contributed by atoms with Crippen LogP contribution in [0.25, 0.3) is 0 Å². The third-order valence-electron chi connectivity index (χ3n) is 4.89. The van der Waals surface area contributed by atoms with Crippen molar-refractivity contribution in [1.82, 2.24) is 15.1 Å². The maximum atomic E-state index is 12.4. The minimum atomic E-state index is -0.957. The van der Waals surface area contributed by atoms with Crippen molar-refractivity contribution < 1.29 is 19.4 Å². The van der Waals surface area contributed by atoms with Crippen LogP contribution in [0, 0.1) is 0 Å². The first-order valence-corrected chi connectivity index (χ1v) is 9.26. The van der Waals surface area contributed by atoms with Gasteiger partial charge in [-0.15, -0.1) is 0 Å². The highest BCUT2D eigenvalue weighted by Gasteiger charge is 2.21. The Kier molecular flexibility index (Phi) is 6.49. The van der Waals surface area contributed by atoms with Crippen LogP contribution in [0.1, 0.15) is 21.5 Å². The van der Waals surface area contributed by atoms with Gasteiger partial charge in [-0.2, -0.15) is 0 Å². The Labute approximate surface area is 164 Å². The van der Waals surface area contributed by atoms with Gasteiger partial charge >= 0.3 is 12.0 Å². The maximum absolute atomic E-state index is 12.4. The molecule has 1 saturated heterocycles. The molecule has 0 radical (unpaired) electrons. The summed E-state index contributed by atoms with van der Waals surface area (Å²) in [5, 5.41) is 11.8. The van der Waals surface area contributed by atoms with Gasteiger partial charge in [-0.3, -0.25) is 4.90 Å². The van der Waals surface area contributed by atoms with Crippen molar-refractivity contribution in [3.05, 3.63) is 65.2 Å². The number of aromatic carboxylic acids is 1. The second-order valence-corrected chi connectivity index (χ2v) is 6.74. The Hall–Kier alpha value is -3.06. The number of amides is 2. The summed E-state index contributed by atoms with van der Waals surface area (Å²) >= 11 is 0. The van der Waals surface area contributed by atoms with Crippen molar-refractivity contribution in [3.63, 3.8) is 0 Å². The molecule has 0 saturated carbocycles. The molecule has 2 aromatic carbocycles. The van der Waals surface area contributed by atoms with Crippen LogP contribution in [0.5, 0.6) is 5.75 Å². The lowest BCUT2D eigenvalue weighted by Crippen LogP contribution is -2.51. The molecule has 1 heterocycles. The molecule has 0 aliphatic carbocycles. The number of rotatable bonds is 6. The predicted molar refractivity (Wildman–Crippen MR) is 105 cm³/mol. The topological polar surface area (TPSA) is 82.1 Å². The van der Waals surface area contributed by atoms with Crippen LogP contribution in [0.3, 0.4) is 0 Å². The van der Waals surface area contributed by atoms with Gasteiger partial charge < -0.3 is 20.1 Å². The summed E-state index contributed by atoms with van der Waals surface area (Å²) < 4.78 is 5.41. The number of carboxylic acid groups (broad SMARTS) is 1. The number of carboxylic acids is 1. The van der Waals surface area contributed by atoms with E-state index in [0.29, 0.717) is 19.6 Å². The number of para-hydroxylation sites is 1. The van der Waals surface area contributed by atoms with Crippen LogP contribution in [0.4, 0.5) is 4.79 Å². The number of ether oxygens (including phenoxy) is 1. The first-order chi connectivity index (χ1) is 13.6. The average Bonchev–Trinajstić information content (AvgIpc) is 2.73. The highest BCUT2D eigenvalue weighted by molar-refractivity contribution is 5.87.